The van der Waals surface area contributed by atoms with Gasteiger partial charge in [0.2, 0.25) is 5.91 Å². The van der Waals surface area contributed by atoms with E-state index in [-0.39, 0.29) is 22.5 Å². The summed E-state index contributed by atoms with van der Waals surface area (Å²) in [6.45, 7) is 1.64. The highest BCUT2D eigenvalue weighted by atomic mass is 32.2. The van der Waals surface area contributed by atoms with Crippen LogP contribution in [0.2, 0.25) is 0 Å². The number of anilines is 1. The second-order valence-electron chi connectivity index (χ2n) is 5.06. The summed E-state index contributed by atoms with van der Waals surface area (Å²) >= 11 is 0.879. The Kier molecular flexibility index (Phi) is 4.86. The molecule has 0 heterocycles. The molecule has 0 radical (unpaired) electrons. The highest BCUT2D eigenvalue weighted by Gasteiger charge is 2.23. The molecule has 2 rings (SSSR count). The summed E-state index contributed by atoms with van der Waals surface area (Å²) in [5.41, 5.74) is 5.39. The van der Waals surface area contributed by atoms with Crippen LogP contribution in [-0.4, -0.2) is 17.2 Å². The average molecular weight is 300 g/mol. The SMILES string of the molecule is CC(Sc1c(F)cc(N)cc1F)C(=O)NC1CCCC1. The quantitative estimate of drug-likeness (QED) is 0.663. The first-order valence-electron chi connectivity index (χ1n) is 6.69. The number of carbonyl (C=O) groups excluding carboxylic acids is 1. The van der Waals surface area contributed by atoms with Crippen LogP contribution in [0.3, 0.4) is 0 Å². The Hall–Kier alpha value is -1.30. The third-order valence-electron chi connectivity index (χ3n) is 3.39. The minimum absolute atomic E-state index is 0.0346. The Morgan fingerprint density at radius 2 is 1.90 bits per heavy atom. The summed E-state index contributed by atoms with van der Waals surface area (Å²) in [5, 5.41) is 2.37. The zero-order chi connectivity index (χ0) is 14.7. The minimum atomic E-state index is -0.729. The van der Waals surface area contributed by atoms with Gasteiger partial charge < -0.3 is 11.1 Å². The lowest BCUT2D eigenvalue weighted by atomic mass is 10.2. The number of carbonyl (C=O) groups is 1. The van der Waals surface area contributed by atoms with Crippen molar-refractivity contribution in [1.29, 1.82) is 0 Å². The van der Waals surface area contributed by atoms with E-state index in [1.165, 1.54) is 0 Å². The zero-order valence-electron chi connectivity index (χ0n) is 11.3. The number of benzene rings is 1. The molecule has 0 bridgehead atoms. The number of rotatable bonds is 4. The van der Waals surface area contributed by atoms with Crippen LogP contribution in [-0.2, 0) is 4.79 Å². The second kappa shape index (κ2) is 6.43. The molecular weight excluding hydrogens is 282 g/mol. The van der Waals surface area contributed by atoms with Gasteiger partial charge in [-0.2, -0.15) is 0 Å². The Labute approximate surface area is 121 Å². The smallest absolute Gasteiger partial charge is 0.233 e. The molecule has 0 saturated heterocycles. The van der Waals surface area contributed by atoms with Crippen molar-refractivity contribution in [3.05, 3.63) is 23.8 Å². The summed E-state index contributed by atoms with van der Waals surface area (Å²) in [7, 11) is 0. The van der Waals surface area contributed by atoms with Gasteiger partial charge >= 0.3 is 0 Å². The van der Waals surface area contributed by atoms with Crippen molar-refractivity contribution in [2.45, 2.75) is 48.8 Å². The third-order valence-corrected chi connectivity index (χ3v) is 4.58. The lowest BCUT2D eigenvalue weighted by molar-refractivity contribution is -0.120. The molecule has 1 saturated carbocycles. The Bertz CT molecular complexity index is 481. The van der Waals surface area contributed by atoms with E-state index in [0.29, 0.717) is 0 Å². The van der Waals surface area contributed by atoms with Gasteiger partial charge in [0.25, 0.3) is 0 Å². The van der Waals surface area contributed by atoms with Crippen LogP contribution < -0.4 is 11.1 Å². The summed E-state index contributed by atoms with van der Waals surface area (Å²) < 4.78 is 27.3. The van der Waals surface area contributed by atoms with Crippen molar-refractivity contribution < 1.29 is 13.6 Å². The van der Waals surface area contributed by atoms with Crippen LogP contribution in [0, 0.1) is 11.6 Å². The number of nitrogens with one attached hydrogen (secondary N) is 1. The van der Waals surface area contributed by atoms with Gasteiger partial charge in [-0.1, -0.05) is 12.8 Å². The van der Waals surface area contributed by atoms with Gasteiger partial charge in [0, 0.05) is 11.7 Å². The second-order valence-corrected chi connectivity index (χ2v) is 6.41. The molecule has 1 amide bonds. The summed E-state index contributed by atoms with van der Waals surface area (Å²) in [6, 6.07) is 2.33. The van der Waals surface area contributed by atoms with E-state index in [1.54, 1.807) is 6.92 Å². The average Bonchev–Trinajstić information content (AvgIpc) is 2.86. The first-order chi connectivity index (χ1) is 9.47. The first kappa shape index (κ1) is 15.1. The molecule has 1 aromatic rings. The third kappa shape index (κ3) is 3.62. The van der Waals surface area contributed by atoms with Crippen molar-refractivity contribution in [2.75, 3.05) is 5.73 Å². The van der Waals surface area contributed by atoms with Crippen LogP contribution in [0.5, 0.6) is 0 Å². The van der Waals surface area contributed by atoms with Crippen molar-refractivity contribution in [1.82, 2.24) is 5.32 Å². The molecule has 110 valence electrons. The van der Waals surface area contributed by atoms with Crippen LogP contribution in [0.15, 0.2) is 17.0 Å². The van der Waals surface area contributed by atoms with Gasteiger partial charge in [0.05, 0.1) is 10.1 Å². The molecule has 1 fully saturated rings. The van der Waals surface area contributed by atoms with E-state index < -0.39 is 16.9 Å². The monoisotopic (exact) mass is 300 g/mol. The number of nitrogens with two attached hydrogens (primary N) is 1. The van der Waals surface area contributed by atoms with Crippen LogP contribution in [0.1, 0.15) is 32.6 Å². The molecular formula is C14H18F2N2OS. The molecule has 0 aliphatic heterocycles. The number of amides is 1. The zero-order valence-corrected chi connectivity index (χ0v) is 12.1. The lowest BCUT2D eigenvalue weighted by Gasteiger charge is -2.17. The topological polar surface area (TPSA) is 55.1 Å². The maximum atomic E-state index is 13.7. The summed E-state index contributed by atoms with van der Waals surface area (Å²) in [6.07, 6.45) is 4.20. The van der Waals surface area contributed by atoms with Crippen LogP contribution in [0.4, 0.5) is 14.5 Å². The molecule has 1 atom stereocenters. The van der Waals surface area contributed by atoms with Crippen molar-refractivity contribution >= 4 is 23.4 Å². The molecule has 3 N–H and O–H groups in total. The van der Waals surface area contributed by atoms with E-state index in [1.807, 2.05) is 0 Å². The maximum Gasteiger partial charge on any atom is 0.233 e. The molecule has 1 aromatic carbocycles. The highest BCUT2D eigenvalue weighted by molar-refractivity contribution is 8.00. The van der Waals surface area contributed by atoms with Gasteiger partial charge in [-0.25, -0.2) is 8.78 Å². The Balaban J connectivity index is 2.00. The van der Waals surface area contributed by atoms with Crippen molar-refractivity contribution in [2.24, 2.45) is 0 Å². The van der Waals surface area contributed by atoms with E-state index >= 15 is 0 Å². The predicted molar refractivity (Wildman–Crippen MR) is 76.5 cm³/mol. The van der Waals surface area contributed by atoms with Crippen LogP contribution >= 0.6 is 11.8 Å². The minimum Gasteiger partial charge on any atom is -0.399 e. The number of hydrogen-bond donors (Lipinski definition) is 2. The Morgan fingerprint density at radius 1 is 1.35 bits per heavy atom. The molecule has 1 aliphatic carbocycles. The van der Waals surface area contributed by atoms with E-state index in [4.69, 9.17) is 5.73 Å². The van der Waals surface area contributed by atoms with Crippen LogP contribution in [0.25, 0.3) is 0 Å². The maximum absolute atomic E-state index is 13.7. The fourth-order valence-corrected chi connectivity index (χ4v) is 3.18. The van der Waals surface area contributed by atoms with E-state index in [0.717, 1.165) is 49.6 Å². The summed E-state index contributed by atoms with van der Waals surface area (Å²) in [4.78, 5) is 11.8. The fourth-order valence-electron chi connectivity index (χ4n) is 2.31. The first-order valence-corrected chi connectivity index (χ1v) is 7.57. The van der Waals surface area contributed by atoms with Gasteiger partial charge in [0.15, 0.2) is 0 Å². The van der Waals surface area contributed by atoms with E-state index in [9.17, 15) is 13.6 Å². The predicted octanol–water partition coefficient (Wildman–Crippen LogP) is 3.09. The number of thioether (sulfide) groups is 1. The summed E-state index contributed by atoms with van der Waals surface area (Å²) in [5.74, 6) is -1.64. The Morgan fingerprint density at radius 3 is 2.45 bits per heavy atom. The van der Waals surface area contributed by atoms with Gasteiger partial charge in [-0.05, 0) is 31.9 Å². The van der Waals surface area contributed by atoms with E-state index in [2.05, 4.69) is 5.32 Å². The largest absolute Gasteiger partial charge is 0.399 e. The highest BCUT2D eigenvalue weighted by Crippen LogP contribution is 2.30. The molecule has 20 heavy (non-hydrogen) atoms. The molecule has 0 aromatic heterocycles. The van der Waals surface area contributed by atoms with Crippen molar-refractivity contribution in [3.63, 3.8) is 0 Å². The fraction of sp³-hybridized carbons (Fsp3) is 0.500. The number of nitrogen functional groups attached to an aromatic ring is 1. The van der Waals surface area contributed by atoms with Gasteiger partial charge in [-0.15, -0.1) is 11.8 Å². The number of hydrogen-bond acceptors (Lipinski definition) is 3. The van der Waals surface area contributed by atoms with Crippen molar-refractivity contribution in [3.8, 4) is 0 Å². The molecule has 1 aliphatic rings. The van der Waals surface area contributed by atoms with Gasteiger partial charge in [0.1, 0.15) is 11.6 Å². The molecule has 1 unspecified atom stereocenters. The lowest BCUT2D eigenvalue weighted by Crippen LogP contribution is -2.37. The molecule has 3 nitrogen and oxygen atoms in total. The van der Waals surface area contributed by atoms with Gasteiger partial charge in [-0.3, -0.25) is 4.79 Å². The number of halogens is 2. The molecule has 6 heteroatoms. The molecule has 0 spiro atoms. The standard InChI is InChI=1S/C14H18F2N2OS/c1-8(14(19)18-10-4-2-3-5-10)20-13-11(15)6-9(17)7-12(13)16/h6-8,10H,2-5,17H2,1H3,(H,18,19). The normalized spacial score (nSPS) is 17.1.